The maximum atomic E-state index is 12.6. The van der Waals surface area contributed by atoms with Gasteiger partial charge in [-0.3, -0.25) is 9.59 Å². The molecule has 0 aliphatic heterocycles. The molecule has 3 rings (SSSR count). The zero-order chi connectivity index (χ0) is 24.1. The van der Waals surface area contributed by atoms with Gasteiger partial charge in [0.1, 0.15) is 6.04 Å². The lowest BCUT2D eigenvalue weighted by atomic mass is 10.0. The molecule has 0 aliphatic rings. The fourth-order valence-corrected chi connectivity index (χ4v) is 3.81. The Hall–Kier alpha value is -3.36. The molecular weight excluding hydrogens is 469 g/mol. The van der Waals surface area contributed by atoms with Crippen molar-refractivity contribution in [3.63, 3.8) is 0 Å². The number of amides is 1. The second-order valence-corrected chi connectivity index (χ2v) is 7.92. The van der Waals surface area contributed by atoms with E-state index in [0.29, 0.717) is 29.0 Å². The lowest BCUT2D eigenvalue weighted by Gasteiger charge is -2.16. The molecule has 0 fully saturated rings. The highest BCUT2D eigenvalue weighted by Gasteiger charge is 2.24. The Morgan fingerprint density at radius 1 is 1.15 bits per heavy atom. The van der Waals surface area contributed by atoms with Crippen LogP contribution < -0.4 is 15.6 Å². The number of aryl methyl sites for hydroxylation is 1. The summed E-state index contributed by atoms with van der Waals surface area (Å²) in [5.74, 6) is -1.53. The van der Waals surface area contributed by atoms with Crippen LogP contribution in [-0.4, -0.2) is 39.4 Å². The van der Waals surface area contributed by atoms with Crippen molar-refractivity contribution in [3.05, 3.63) is 80.2 Å². The highest BCUT2D eigenvalue weighted by atomic mass is 35.5. The van der Waals surface area contributed by atoms with Crippen LogP contribution in [0.4, 0.5) is 0 Å². The van der Waals surface area contributed by atoms with E-state index in [1.54, 1.807) is 44.3 Å². The minimum atomic E-state index is -1.22. The molecule has 172 valence electrons. The Kier molecular flexibility index (Phi) is 7.73. The smallest absolute Gasteiger partial charge is 0.326 e. The number of hydrogen-bond acceptors (Lipinski definition) is 5. The molecule has 2 N–H and O–H groups in total. The summed E-state index contributed by atoms with van der Waals surface area (Å²) in [6.45, 7) is 2.18. The van der Waals surface area contributed by atoms with Gasteiger partial charge >= 0.3 is 5.97 Å². The van der Waals surface area contributed by atoms with Crippen LogP contribution in [0.2, 0.25) is 10.0 Å². The van der Waals surface area contributed by atoms with Crippen LogP contribution >= 0.6 is 23.2 Å². The number of ether oxygens (including phenoxy) is 1. The highest BCUT2D eigenvalue weighted by Crippen LogP contribution is 2.27. The Labute approximate surface area is 199 Å². The predicted octanol–water partition coefficient (Wildman–Crippen LogP) is 3.58. The van der Waals surface area contributed by atoms with Crippen LogP contribution in [0.15, 0.2) is 53.5 Å². The van der Waals surface area contributed by atoms with Crippen LogP contribution in [0.3, 0.4) is 0 Å². The van der Waals surface area contributed by atoms with Gasteiger partial charge in [0.05, 0.1) is 34.0 Å². The maximum absolute atomic E-state index is 12.6. The van der Waals surface area contributed by atoms with E-state index < -0.39 is 17.9 Å². The molecule has 2 aromatic carbocycles. The number of nitrogens with one attached hydrogen (secondary N) is 1. The zero-order valence-electron chi connectivity index (χ0n) is 17.8. The number of hydrogen-bond donors (Lipinski definition) is 2. The van der Waals surface area contributed by atoms with Crippen LogP contribution in [0.5, 0.6) is 5.75 Å². The molecule has 3 aromatic rings. The quantitative estimate of drug-likeness (QED) is 0.500. The largest absolute Gasteiger partial charge is 0.491 e. The van der Waals surface area contributed by atoms with Crippen LogP contribution in [0, 0.1) is 0 Å². The first kappa shape index (κ1) is 24.3. The van der Waals surface area contributed by atoms with Crippen LogP contribution in [0.25, 0.3) is 11.1 Å². The molecule has 0 spiro atoms. The number of carbonyl (C=O) groups is 2. The average Bonchev–Trinajstić information content (AvgIpc) is 2.77. The van der Waals surface area contributed by atoms with Gasteiger partial charge in [0.25, 0.3) is 11.5 Å². The summed E-state index contributed by atoms with van der Waals surface area (Å²) in [6.07, 6.45) is 1.49. The first-order chi connectivity index (χ1) is 15.7. The van der Waals surface area contributed by atoms with Crippen molar-refractivity contribution < 1.29 is 19.4 Å². The van der Waals surface area contributed by atoms with Gasteiger partial charge in [0.15, 0.2) is 5.75 Å². The van der Waals surface area contributed by atoms with Crippen molar-refractivity contribution in [3.8, 4) is 16.9 Å². The zero-order valence-corrected chi connectivity index (χ0v) is 19.4. The molecular formula is C23H21Cl2N3O5. The summed E-state index contributed by atoms with van der Waals surface area (Å²) >= 11 is 12.1. The van der Waals surface area contributed by atoms with Crippen LogP contribution in [0.1, 0.15) is 22.8 Å². The predicted molar refractivity (Wildman–Crippen MR) is 125 cm³/mol. The summed E-state index contributed by atoms with van der Waals surface area (Å²) in [5.41, 5.74) is 1.29. The molecule has 8 nitrogen and oxygen atoms in total. The number of aliphatic carboxylic acids is 1. The number of carboxylic acids is 1. The summed E-state index contributed by atoms with van der Waals surface area (Å²) in [6, 6.07) is 10.1. The summed E-state index contributed by atoms with van der Waals surface area (Å²) in [4.78, 5) is 37.0. The molecule has 0 saturated heterocycles. The number of halogens is 2. The van der Waals surface area contributed by atoms with Gasteiger partial charge in [-0.1, -0.05) is 53.5 Å². The minimum absolute atomic E-state index is 0.0100. The van der Waals surface area contributed by atoms with Gasteiger partial charge in [-0.25, -0.2) is 9.48 Å². The third-order valence-corrected chi connectivity index (χ3v) is 5.51. The maximum Gasteiger partial charge on any atom is 0.326 e. The Bertz CT molecular complexity index is 1220. The molecule has 0 radical (unpaired) electrons. The van der Waals surface area contributed by atoms with E-state index >= 15 is 0 Å². The first-order valence-electron chi connectivity index (χ1n) is 9.99. The summed E-state index contributed by atoms with van der Waals surface area (Å²) < 4.78 is 6.75. The highest BCUT2D eigenvalue weighted by molar-refractivity contribution is 6.39. The van der Waals surface area contributed by atoms with Gasteiger partial charge in [-0.15, -0.1) is 0 Å². The Morgan fingerprint density at radius 2 is 1.79 bits per heavy atom. The molecule has 1 heterocycles. The summed E-state index contributed by atoms with van der Waals surface area (Å²) in [7, 11) is 1.54. The lowest BCUT2D eigenvalue weighted by Crippen LogP contribution is -2.42. The molecule has 0 saturated carbocycles. The average molecular weight is 490 g/mol. The molecule has 10 heteroatoms. The molecule has 0 aliphatic carbocycles. The molecule has 1 amide bonds. The topological polar surface area (TPSA) is 111 Å². The second-order valence-electron chi connectivity index (χ2n) is 7.11. The second kappa shape index (κ2) is 10.5. The van der Waals surface area contributed by atoms with E-state index in [1.165, 1.54) is 23.0 Å². The third kappa shape index (κ3) is 5.53. The van der Waals surface area contributed by atoms with Gasteiger partial charge < -0.3 is 15.2 Å². The number of carboxylic acid groups (broad SMARTS) is 1. The van der Waals surface area contributed by atoms with Crippen molar-refractivity contribution in [2.75, 3.05) is 6.61 Å². The van der Waals surface area contributed by atoms with Crippen molar-refractivity contribution in [2.45, 2.75) is 19.4 Å². The number of carbonyl (C=O) groups excluding carboxylic acids is 1. The molecule has 1 atom stereocenters. The molecule has 0 unspecified atom stereocenters. The number of benzene rings is 2. The van der Waals surface area contributed by atoms with Crippen LogP contribution in [-0.2, 0) is 18.3 Å². The third-order valence-electron chi connectivity index (χ3n) is 4.88. The number of aromatic nitrogens is 2. The summed E-state index contributed by atoms with van der Waals surface area (Å²) in [5, 5.41) is 16.3. The minimum Gasteiger partial charge on any atom is -0.491 e. The van der Waals surface area contributed by atoms with Crippen molar-refractivity contribution in [1.82, 2.24) is 15.1 Å². The van der Waals surface area contributed by atoms with Crippen molar-refractivity contribution >= 4 is 35.1 Å². The molecule has 0 bridgehead atoms. The number of nitrogens with zero attached hydrogens (tertiary/aromatic N) is 2. The number of rotatable bonds is 8. The van der Waals surface area contributed by atoms with E-state index in [0.717, 1.165) is 0 Å². The van der Waals surface area contributed by atoms with E-state index in [9.17, 15) is 19.5 Å². The Balaban J connectivity index is 1.83. The van der Waals surface area contributed by atoms with E-state index in [2.05, 4.69) is 10.4 Å². The fraction of sp³-hybridized carbons (Fsp3) is 0.217. The van der Waals surface area contributed by atoms with E-state index in [4.69, 9.17) is 27.9 Å². The Morgan fingerprint density at radius 3 is 2.36 bits per heavy atom. The lowest BCUT2D eigenvalue weighted by molar-refractivity contribution is -0.139. The molecule has 33 heavy (non-hydrogen) atoms. The van der Waals surface area contributed by atoms with Gasteiger partial charge in [0, 0.05) is 13.5 Å². The standard InChI is InChI=1S/C23H21Cl2N3O5/c1-3-33-18-12-26-28(2)22(30)19(18)14-9-7-13(8-10-14)11-17(23(31)32)27-21(29)20-15(24)5-4-6-16(20)25/h4-10,12,17H,3,11H2,1-2H3,(H,27,29)(H,31,32)/t17-/m0/s1. The van der Waals surface area contributed by atoms with Crippen molar-refractivity contribution in [1.29, 1.82) is 0 Å². The fourth-order valence-electron chi connectivity index (χ4n) is 3.24. The SMILES string of the molecule is CCOc1cnn(C)c(=O)c1-c1ccc(C[C@H](NC(=O)c2c(Cl)cccc2Cl)C(=O)O)cc1. The first-order valence-corrected chi connectivity index (χ1v) is 10.7. The van der Waals surface area contributed by atoms with Crippen molar-refractivity contribution in [2.24, 2.45) is 7.05 Å². The van der Waals surface area contributed by atoms with Gasteiger partial charge in [0.2, 0.25) is 0 Å². The van der Waals surface area contributed by atoms with E-state index in [1.807, 2.05) is 0 Å². The van der Waals surface area contributed by atoms with Gasteiger partial charge in [-0.05, 0) is 30.2 Å². The van der Waals surface area contributed by atoms with Gasteiger partial charge in [-0.2, -0.15) is 5.10 Å². The normalized spacial score (nSPS) is 11.6. The monoisotopic (exact) mass is 489 g/mol. The van der Waals surface area contributed by atoms with E-state index in [-0.39, 0.29) is 27.6 Å². The molecule has 1 aromatic heterocycles.